The van der Waals surface area contributed by atoms with Crippen molar-refractivity contribution in [3.05, 3.63) is 48.5 Å². The molecule has 1 aliphatic heterocycles. The predicted octanol–water partition coefficient (Wildman–Crippen LogP) is 4.09. The van der Waals surface area contributed by atoms with Crippen molar-refractivity contribution in [1.29, 1.82) is 0 Å². The van der Waals surface area contributed by atoms with Gasteiger partial charge in [0.05, 0.1) is 5.69 Å². The lowest BCUT2D eigenvalue weighted by atomic mass is 10.2. The molecule has 1 heterocycles. The molecule has 27 heavy (non-hydrogen) atoms. The molecule has 5 nitrogen and oxygen atoms in total. The summed E-state index contributed by atoms with van der Waals surface area (Å²) in [5.74, 6) is 0.182. The Hall–Kier alpha value is -2.47. The van der Waals surface area contributed by atoms with Crippen LogP contribution in [0, 0.1) is 0 Å². The summed E-state index contributed by atoms with van der Waals surface area (Å²) in [4.78, 5) is 27.3. The highest BCUT2D eigenvalue weighted by Gasteiger charge is 2.27. The number of para-hydroxylation sites is 2. The van der Waals surface area contributed by atoms with Crippen LogP contribution >= 0.6 is 11.8 Å². The highest BCUT2D eigenvalue weighted by Crippen LogP contribution is 2.35. The first-order valence-corrected chi connectivity index (χ1v) is 10.2. The van der Waals surface area contributed by atoms with Crippen molar-refractivity contribution in [2.45, 2.75) is 35.8 Å². The number of rotatable bonds is 5. The van der Waals surface area contributed by atoms with Crippen LogP contribution in [0.15, 0.2) is 53.4 Å². The molecule has 0 aromatic heterocycles. The summed E-state index contributed by atoms with van der Waals surface area (Å²) in [6, 6.07) is 15.2. The average Bonchev–Trinajstić information content (AvgIpc) is 3.19. The van der Waals surface area contributed by atoms with Gasteiger partial charge in [0.1, 0.15) is 12.3 Å². The number of hydrogen-bond acceptors (Lipinski definition) is 4. The van der Waals surface area contributed by atoms with Gasteiger partial charge in [-0.1, -0.05) is 25.0 Å². The third kappa shape index (κ3) is 4.27. The Balaban J connectivity index is 1.37. The number of nitrogens with one attached hydrogen (secondary N) is 1. The molecule has 1 saturated carbocycles. The van der Waals surface area contributed by atoms with Gasteiger partial charge in [0.2, 0.25) is 5.91 Å². The van der Waals surface area contributed by atoms with Gasteiger partial charge in [0.15, 0.2) is 6.61 Å². The zero-order valence-electron chi connectivity index (χ0n) is 15.0. The zero-order valence-corrected chi connectivity index (χ0v) is 15.8. The molecular weight excluding hydrogens is 360 g/mol. The molecule has 4 rings (SSSR count). The van der Waals surface area contributed by atoms with Crippen molar-refractivity contribution in [3.63, 3.8) is 0 Å². The fourth-order valence-corrected chi connectivity index (χ4v) is 4.73. The minimum absolute atomic E-state index is 0.0300. The monoisotopic (exact) mass is 382 g/mol. The van der Waals surface area contributed by atoms with Crippen LogP contribution in [0.4, 0.5) is 11.4 Å². The van der Waals surface area contributed by atoms with Crippen LogP contribution in [0.3, 0.4) is 0 Å². The number of thioether (sulfide) groups is 1. The molecule has 0 radical (unpaired) electrons. The molecule has 2 aromatic carbocycles. The van der Waals surface area contributed by atoms with E-state index in [4.69, 9.17) is 4.74 Å². The van der Waals surface area contributed by atoms with Gasteiger partial charge in [0, 0.05) is 15.8 Å². The van der Waals surface area contributed by atoms with Crippen LogP contribution in [-0.4, -0.2) is 30.2 Å². The van der Waals surface area contributed by atoms with Gasteiger partial charge in [0.25, 0.3) is 5.91 Å². The zero-order chi connectivity index (χ0) is 18.6. The molecule has 6 heteroatoms. The van der Waals surface area contributed by atoms with E-state index in [-0.39, 0.29) is 25.0 Å². The Morgan fingerprint density at radius 2 is 1.85 bits per heavy atom. The van der Waals surface area contributed by atoms with E-state index in [0.29, 0.717) is 11.4 Å². The minimum Gasteiger partial charge on any atom is -0.482 e. The standard InChI is InChI=1S/C21H22N2O3S/c24-20(13-23-18-7-3-4-8-19(18)26-14-21(23)25)22-15-9-11-17(12-10-15)27-16-5-1-2-6-16/h3-4,7-12,16H,1-2,5-6,13-14H2,(H,22,24). The SMILES string of the molecule is O=C(CN1C(=O)COc2ccccc21)Nc1ccc(SC2CCCC2)cc1. The topological polar surface area (TPSA) is 58.6 Å². The van der Waals surface area contributed by atoms with Crippen molar-refractivity contribution in [1.82, 2.24) is 0 Å². The number of hydrogen-bond donors (Lipinski definition) is 1. The van der Waals surface area contributed by atoms with Crippen LogP contribution in [0.2, 0.25) is 0 Å². The molecule has 0 bridgehead atoms. The van der Waals surface area contributed by atoms with Gasteiger partial charge < -0.3 is 10.1 Å². The maximum atomic E-state index is 12.4. The van der Waals surface area contributed by atoms with Gasteiger partial charge in [-0.3, -0.25) is 14.5 Å². The Morgan fingerprint density at radius 3 is 2.63 bits per heavy atom. The maximum Gasteiger partial charge on any atom is 0.265 e. The molecule has 0 atom stereocenters. The molecule has 140 valence electrons. The third-order valence-electron chi connectivity index (χ3n) is 4.85. The maximum absolute atomic E-state index is 12.4. The molecule has 1 N–H and O–H groups in total. The highest BCUT2D eigenvalue weighted by atomic mass is 32.2. The van der Waals surface area contributed by atoms with Crippen LogP contribution < -0.4 is 15.0 Å². The number of benzene rings is 2. The van der Waals surface area contributed by atoms with Gasteiger partial charge in [-0.2, -0.15) is 0 Å². The van der Waals surface area contributed by atoms with E-state index in [1.807, 2.05) is 48.2 Å². The number of amides is 2. The second-order valence-electron chi connectivity index (χ2n) is 6.83. The molecular formula is C21H22N2O3S. The molecule has 2 aliphatic rings. The van der Waals surface area contributed by atoms with E-state index in [9.17, 15) is 9.59 Å². The summed E-state index contributed by atoms with van der Waals surface area (Å²) in [5, 5.41) is 3.60. The van der Waals surface area contributed by atoms with Gasteiger partial charge >= 0.3 is 0 Å². The Kier molecular flexibility index (Phi) is 5.34. The van der Waals surface area contributed by atoms with E-state index in [2.05, 4.69) is 5.32 Å². The van der Waals surface area contributed by atoms with Gasteiger partial charge in [-0.25, -0.2) is 0 Å². The quantitative estimate of drug-likeness (QED) is 0.846. The van der Waals surface area contributed by atoms with Crippen LogP contribution in [-0.2, 0) is 9.59 Å². The predicted molar refractivity (Wildman–Crippen MR) is 107 cm³/mol. The normalized spacial score (nSPS) is 16.7. The molecule has 0 saturated heterocycles. The smallest absolute Gasteiger partial charge is 0.265 e. The third-order valence-corrected chi connectivity index (χ3v) is 6.20. The Bertz CT molecular complexity index is 832. The summed E-state index contributed by atoms with van der Waals surface area (Å²) in [6.45, 7) is -0.0742. The summed E-state index contributed by atoms with van der Waals surface area (Å²) < 4.78 is 5.41. The first-order chi connectivity index (χ1) is 13.2. The molecule has 1 aliphatic carbocycles. The van der Waals surface area contributed by atoms with E-state index in [1.54, 1.807) is 12.1 Å². The number of nitrogens with zero attached hydrogens (tertiary/aromatic N) is 1. The van der Waals surface area contributed by atoms with Crippen molar-refractivity contribution in [2.75, 3.05) is 23.4 Å². The van der Waals surface area contributed by atoms with E-state index < -0.39 is 0 Å². The molecule has 0 spiro atoms. The summed E-state index contributed by atoms with van der Waals surface area (Å²) in [6.07, 6.45) is 5.24. The number of anilines is 2. The first-order valence-electron chi connectivity index (χ1n) is 9.28. The highest BCUT2D eigenvalue weighted by molar-refractivity contribution is 8.00. The largest absolute Gasteiger partial charge is 0.482 e. The average molecular weight is 382 g/mol. The fraction of sp³-hybridized carbons (Fsp3) is 0.333. The lowest BCUT2D eigenvalue weighted by Gasteiger charge is -2.28. The minimum atomic E-state index is -0.226. The number of fused-ring (bicyclic) bond motifs is 1. The number of carbonyl (C=O) groups excluding carboxylic acids is 2. The Morgan fingerprint density at radius 1 is 1.11 bits per heavy atom. The van der Waals surface area contributed by atoms with Crippen molar-refractivity contribution < 1.29 is 14.3 Å². The number of ether oxygens (including phenoxy) is 1. The van der Waals surface area contributed by atoms with Crippen molar-refractivity contribution >= 4 is 35.0 Å². The van der Waals surface area contributed by atoms with Crippen LogP contribution in [0.1, 0.15) is 25.7 Å². The lowest BCUT2D eigenvalue weighted by Crippen LogP contribution is -2.43. The summed E-state index contributed by atoms with van der Waals surface area (Å²) >= 11 is 1.92. The Labute approximate surface area is 163 Å². The van der Waals surface area contributed by atoms with Crippen LogP contribution in [0.25, 0.3) is 0 Å². The lowest BCUT2D eigenvalue weighted by molar-refractivity contribution is -0.123. The van der Waals surface area contributed by atoms with E-state index in [0.717, 1.165) is 10.9 Å². The summed E-state index contributed by atoms with van der Waals surface area (Å²) in [5.41, 5.74) is 1.37. The molecule has 2 amide bonds. The second-order valence-corrected chi connectivity index (χ2v) is 8.21. The fourth-order valence-electron chi connectivity index (χ4n) is 3.49. The van der Waals surface area contributed by atoms with Crippen LogP contribution in [0.5, 0.6) is 5.75 Å². The molecule has 1 fully saturated rings. The number of carbonyl (C=O) groups is 2. The molecule has 2 aromatic rings. The van der Waals surface area contributed by atoms with Gasteiger partial charge in [-0.05, 0) is 49.2 Å². The van der Waals surface area contributed by atoms with E-state index in [1.165, 1.54) is 35.5 Å². The van der Waals surface area contributed by atoms with Crippen molar-refractivity contribution in [3.8, 4) is 5.75 Å². The van der Waals surface area contributed by atoms with Crippen molar-refractivity contribution in [2.24, 2.45) is 0 Å². The summed E-state index contributed by atoms with van der Waals surface area (Å²) in [7, 11) is 0. The first kappa shape index (κ1) is 17.9. The second kappa shape index (κ2) is 8.05. The molecule has 0 unspecified atom stereocenters. The van der Waals surface area contributed by atoms with Gasteiger partial charge in [-0.15, -0.1) is 11.8 Å². The van der Waals surface area contributed by atoms with E-state index >= 15 is 0 Å².